The number of benzene rings is 2. The van der Waals surface area contributed by atoms with E-state index in [4.69, 9.17) is 18.9 Å². The molecule has 206 valence electrons. The Hall–Kier alpha value is -3.91. The summed E-state index contributed by atoms with van der Waals surface area (Å²) in [5, 5.41) is 3.43. The Morgan fingerprint density at radius 3 is 2.08 bits per heavy atom. The maximum absolute atomic E-state index is 13.7. The van der Waals surface area contributed by atoms with Gasteiger partial charge in [-0.05, 0) is 66.9 Å². The first-order valence-corrected chi connectivity index (χ1v) is 13.3. The van der Waals surface area contributed by atoms with Gasteiger partial charge >= 0.3 is 0 Å². The van der Waals surface area contributed by atoms with Crippen LogP contribution in [0.4, 0.5) is 11.4 Å². The summed E-state index contributed by atoms with van der Waals surface area (Å²) in [6, 6.07) is 16.0. The Balaban J connectivity index is 1.56. The molecule has 0 unspecified atom stereocenters. The highest BCUT2D eigenvalue weighted by Crippen LogP contribution is 2.50. The number of nitrogens with zero attached hydrogens (tertiary/aromatic N) is 2. The molecule has 0 amide bonds. The highest BCUT2D eigenvalue weighted by molar-refractivity contribution is 5.83. The molecule has 0 radical (unpaired) electrons. The van der Waals surface area contributed by atoms with E-state index >= 15 is 0 Å². The van der Waals surface area contributed by atoms with Gasteiger partial charge in [-0.1, -0.05) is 18.2 Å². The molecule has 39 heavy (non-hydrogen) atoms. The molecule has 8 heteroatoms. The zero-order valence-electron chi connectivity index (χ0n) is 23.4. The zero-order chi connectivity index (χ0) is 27.5. The fourth-order valence-electron chi connectivity index (χ4n) is 5.94. The molecule has 0 saturated carbocycles. The van der Waals surface area contributed by atoms with Crippen LogP contribution < -0.4 is 39.5 Å². The van der Waals surface area contributed by atoms with Gasteiger partial charge < -0.3 is 34.1 Å². The minimum atomic E-state index is 0.0180. The smallest absolute Gasteiger partial charge is 0.203 e. The van der Waals surface area contributed by atoms with Crippen molar-refractivity contribution in [2.45, 2.75) is 18.9 Å². The Kier molecular flexibility index (Phi) is 7.84. The first-order valence-electron chi connectivity index (χ1n) is 13.3. The van der Waals surface area contributed by atoms with Crippen LogP contribution in [-0.4, -0.2) is 61.7 Å². The fraction of sp³-hybridized carbons (Fsp3) is 0.387. The van der Waals surface area contributed by atoms with Gasteiger partial charge in [-0.25, -0.2) is 0 Å². The Bertz CT molecular complexity index is 1400. The molecule has 0 spiro atoms. The van der Waals surface area contributed by atoms with Gasteiger partial charge in [-0.2, -0.15) is 0 Å². The lowest BCUT2D eigenvalue weighted by Gasteiger charge is -2.37. The van der Waals surface area contributed by atoms with Crippen molar-refractivity contribution >= 4 is 11.4 Å². The monoisotopic (exact) mass is 531 g/mol. The quantitative estimate of drug-likeness (QED) is 0.485. The van der Waals surface area contributed by atoms with Crippen LogP contribution in [0.3, 0.4) is 0 Å². The van der Waals surface area contributed by atoms with E-state index in [0.717, 1.165) is 72.7 Å². The molecule has 5 rings (SSSR count). The number of nitrogens with one attached hydrogen (secondary N) is 1. The van der Waals surface area contributed by atoms with Crippen LogP contribution in [0, 0.1) is 0 Å². The molecule has 1 fully saturated rings. The third kappa shape index (κ3) is 4.85. The third-order valence-electron chi connectivity index (χ3n) is 7.91. The SMILES string of the molecule is CN[C@H]1CCc2cc(OC)c(OC)c(OC)c2-c2ccc(N3CCN(c4ccccc4OC)CC3)c(=O)cc21. The standard InChI is InChI=1S/C31H37N3O5/c1-32-23-12-10-20-18-28(37-3)30(38-4)31(39-5)29(20)21-11-13-24(26(35)19-22(21)23)33-14-16-34(17-15-33)25-8-6-7-9-27(25)36-2/h6-9,11,13,18-19,23,32H,10,12,14-17H2,1-5H3/t23-/m0/s1. The van der Waals surface area contributed by atoms with E-state index in [1.807, 2.05) is 43.4 Å². The van der Waals surface area contributed by atoms with Crippen LogP contribution in [-0.2, 0) is 6.42 Å². The van der Waals surface area contributed by atoms with Crippen LogP contribution in [0.5, 0.6) is 23.0 Å². The van der Waals surface area contributed by atoms with Gasteiger partial charge in [-0.15, -0.1) is 0 Å². The second-order valence-electron chi connectivity index (χ2n) is 9.80. The summed E-state index contributed by atoms with van der Waals surface area (Å²) in [5.41, 5.74) is 5.79. The van der Waals surface area contributed by atoms with E-state index in [-0.39, 0.29) is 11.5 Å². The van der Waals surface area contributed by atoms with Gasteiger partial charge in [0.25, 0.3) is 0 Å². The molecule has 3 aromatic carbocycles. The average molecular weight is 532 g/mol. The number of para-hydroxylation sites is 2. The van der Waals surface area contributed by atoms with E-state index in [0.29, 0.717) is 22.9 Å². The van der Waals surface area contributed by atoms with E-state index < -0.39 is 0 Å². The zero-order valence-corrected chi connectivity index (χ0v) is 23.4. The molecule has 0 bridgehead atoms. The van der Waals surface area contributed by atoms with Gasteiger partial charge in [0.15, 0.2) is 11.5 Å². The molecule has 1 saturated heterocycles. The molecule has 0 aromatic heterocycles. The predicted octanol–water partition coefficient (Wildman–Crippen LogP) is 4.28. The number of rotatable bonds is 7. The van der Waals surface area contributed by atoms with E-state index in [1.165, 1.54) is 0 Å². The highest BCUT2D eigenvalue weighted by atomic mass is 16.5. The lowest BCUT2D eigenvalue weighted by Crippen LogP contribution is -2.47. The van der Waals surface area contributed by atoms with Crippen molar-refractivity contribution in [1.82, 2.24) is 5.32 Å². The topological polar surface area (TPSA) is 72.5 Å². The van der Waals surface area contributed by atoms with Crippen molar-refractivity contribution in [3.63, 3.8) is 0 Å². The van der Waals surface area contributed by atoms with Gasteiger partial charge in [0.2, 0.25) is 11.2 Å². The lowest BCUT2D eigenvalue weighted by molar-refractivity contribution is 0.324. The second kappa shape index (κ2) is 11.5. The Labute approximate surface area is 230 Å². The number of aryl methyl sites for hydroxylation is 1. The predicted molar refractivity (Wildman–Crippen MR) is 155 cm³/mol. The summed E-state index contributed by atoms with van der Waals surface area (Å²) < 4.78 is 22.8. The number of methoxy groups -OCH3 is 4. The minimum absolute atomic E-state index is 0.0180. The number of hydrogen-bond acceptors (Lipinski definition) is 8. The van der Waals surface area contributed by atoms with Crippen LogP contribution in [0.25, 0.3) is 11.1 Å². The normalized spacial score (nSPS) is 16.6. The number of piperazine rings is 1. The summed E-state index contributed by atoms with van der Waals surface area (Å²) in [4.78, 5) is 18.2. The van der Waals surface area contributed by atoms with Crippen LogP contribution in [0.1, 0.15) is 23.6 Å². The number of hydrogen-bond donors (Lipinski definition) is 1. The van der Waals surface area contributed by atoms with Crippen LogP contribution in [0.15, 0.2) is 53.3 Å². The largest absolute Gasteiger partial charge is 0.495 e. The molecule has 1 heterocycles. The molecule has 8 nitrogen and oxygen atoms in total. The molecule has 1 aliphatic carbocycles. The van der Waals surface area contributed by atoms with E-state index in [9.17, 15) is 4.79 Å². The lowest BCUT2D eigenvalue weighted by atomic mass is 9.95. The number of ether oxygens (including phenoxy) is 4. The summed E-state index contributed by atoms with van der Waals surface area (Å²) in [6.07, 6.45) is 1.65. The molecular weight excluding hydrogens is 494 g/mol. The van der Waals surface area contributed by atoms with Crippen molar-refractivity contribution < 1.29 is 18.9 Å². The average Bonchev–Trinajstić information content (AvgIpc) is 3.23. The van der Waals surface area contributed by atoms with Crippen molar-refractivity contribution in [3.05, 3.63) is 69.9 Å². The first kappa shape index (κ1) is 26.7. The van der Waals surface area contributed by atoms with Crippen molar-refractivity contribution in [3.8, 4) is 34.1 Å². The van der Waals surface area contributed by atoms with Crippen molar-refractivity contribution in [2.75, 3.05) is 71.5 Å². The van der Waals surface area contributed by atoms with Crippen LogP contribution >= 0.6 is 0 Å². The molecule has 3 aromatic rings. The molecule has 1 atom stereocenters. The third-order valence-corrected chi connectivity index (χ3v) is 7.91. The number of anilines is 2. The van der Waals surface area contributed by atoms with Crippen molar-refractivity contribution in [2.24, 2.45) is 0 Å². The van der Waals surface area contributed by atoms with Gasteiger partial charge in [-0.3, -0.25) is 4.79 Å². The van der Waals surface area contributed by atoms with Crippen molar-refractivity contribution in [1.29, 1.82) is 0 Å². The van der Waals surface area contributed by atoms with E-state index in [2.05, 4.69) is 27.2 Å². The maximum atomic E-state index is 13.7. The van der Waals surface area contributed by atoms with Crippen LogP contribution in [0.2, 0.25) is 0 Å². The fourth-order valence-corrected chi connectivity index (χ4v) is 5.94. The summed E-state index contributed by atoms with van der Waals surface area (Å²) in [5.74, 6) is 2.67. The molecule has 1 N–H and O–H groups in total. The minimum Gasteiger partial charge on any atom is -0.495 e. The Morgan fingerprint density at radius 2 is 1.44 bits per heavy atom. The summed E-state index contributed by atoms with van der Waals surface area (Å²) >= 11 is 0. The van der Waals surface area contributed by atoms with Gasteiger partial charge in [0, 0.05) is 37.8 Å². The first-order chi connectivity index (χ1) is 19.0. The molecular formula is C31H37N3O5. The summed E-state index contributed by atoms with van der Waals surface area (Å²) in [7, 11) is 8.53. The second-order valence-corrected chi connectivity index (χ2v) is 9.80. The molecule has 1 aliphatic heterocycles. The summed E-state index contributed by atoms with van der Waals surface area (Å²) in [6.45, 7) is 3.07. The Morgan fingerprint density at radius 1 is 0.769 bits per heavy atom. The van der Waals surface area contributed by atoms with Gasteiger partial charge in [0.05, 0.1) is 39.8 Å². The number of fused-ring (bicyclic) bond motifs is 3. The molecule has 2 aliphatic rings. The van der Waals surface area contributed by atoms with E-state index in [1.54, 1.807) is 28.4 Å². The maximum Gasteiger partial charge on any atom is 0.203 e. The van der Waals surface area contributed by atoms with Gasteiger partial charge in [0.1, 0.15) is 5.75 Å². The highest BCUT2D eigenvalue weighted by Gasteiger charge is 2.29.